The van der Waals surface area contributed by atoms with Gasteiger partial charge in [-0.3, -0.25) is 9.13 Å². The van der Waals surface area contributed by atoms with Gasteiger partial charge in [-0.05, 0) is 43.4 Å². The van der Waals surface area contributed by atoms with Gasteiger partial charge in [-0.15, -0.1) is 0 Å². The zero-order valence-corrected chi connectivity index (χ0v) is 16.7. The summed E-state index contributed by atoms with van der Waals surface area (Å²) >= 11 is 6.00. The first-order chi connectivity index (χ1) is 13.6. The topological polar surface area (TPSA) is 64.7 Å². The van der Waals surface area contributed by atoms with Gasteiger partial charge in [-0.1, -0.05) is 37.1 Å². The molecule has 146 valence electrons. The molecular formula is C21H24ClN5O. The molecule has 28 heavy (non-hydrogen) atoms. The molecule has 1 unspecified atom stereocenters. The van der Waals surface area contributed by atoms with Crippen LogP contribution in [0.5, 0.6) is 0 Å². The van der Waals surface area contributed by atoms with E-state index in [-0.39, 0.29) is 11.7 Å². The van der Waals surface area contributed by atoms with Crippen LogP contribution < -0.4 is 11.0 Å². The van der Waals surface area contributed by atoms with Crippen LogP contribution in [0.4, 0.5) is 5.82 Å². The van der Waals surface area contributed by atoms with Crippen LogP contribution in [0.3, 0.4) is 0 Å². The molecule has 3 aliphatic heterocycles. The van der Waals surface area contributed by atoms with E-state index in [1.807, 2.05) is 28.8 Å². The van der Waals surface area contributed by atoms with Crippen molar-refractivity contribution in [3.8, 4) is 11.5 Å². The highest BCUT2D eigenvalue weighted by Gasteiger charge is 2.33. The van der Waals surface area contributed by atoms with E-state index in [4.69, 9.17) is 21.6 Å². The minimum atomic E-state index is 0.00974. The summed E-state index contributed by atoms with van der Waals surface area (Å²) in [5, 5.41) is 4.29. The molecule has 0 radical (unpaired) electrons. The lowest BCUT2D eigenvalue weighted by molar-refractivity contribution is 0.404. The van der Waals surface area contributed by atoms with E-state index in [2.05, 4.69) is 12.2 Å². The fourth-order valence-electron chi connectivity index (χ4n) is 4.23. The van der Waals surface area contributed by atoms with E-state index in [1.165, 1.54) is 12.0 Å². The van der Waals surface area contributed by atoms with Crippen molar-refractivity contribution < 1.29 is 0 Å². The van der Waals surface area contributed by atoms with E-state index in [0.29, 0.717) is 19.0 Å². The molecule has 1 atom stereocenters. The minimum absolute atomic E-state index is 0.00974. The molecule has 1 saturated carbocycles. The maximum atomic E-state index is 13.2. The van der Waals surface area contributed by atoms with Crippen LogP contribution in [0.25, 0.3) is 11.5 Å². The molecule has 1 aliphatic carbocycles. The number of rotatable bonds is 5. The molecule has 5 rings (SSSR count). The van der Waals surface area contributed by atoms with Gasteiger partial charge >= 0.3 is 5.69 Å². The Hall–Kier alpha value is -2.34. The Morgan fingerprint density at radius 1 is 1.21 bits per heavy atom. The van der Waals surface area contributed by atoms with Crippen LogP contribution in [0, 0.1) is 0 Å². The van der Waals surface area contributed by atoms with Crippen molar-refractivity contribution in [1.82, 2.24) is 19.1 Å². The van der Waals surface area contributed by atoms with Crippen molar-refractivity contribution in [3.63, 3.8) is 0 Å². The number of imidazole rings is 1. The molecule has 1 fully saturated rings. The highest BCUT2D eigenvalue weighted by Crippen LogP contribution is 2.38. The molecule has 1 aromatic carbocycles. The van der Waals surface area contributed by atoms with Crippen molar-refractivity contribution in [2.24, 2.45) is 0 Å². The fourth-order valence-corrected chi connectivity index (χ4v) is 4.35. The summed E-state index contributed by atoms with van der Waals surface area (Å²) in [5.41, 5.74) is 2.05. The first-order valence-corrected chi connectivity index (χ1v) is 10.5. The predicted molar refractivity (Wildman–Crippen MR) is 110 cm³/mol. The summed E-state index contributed by atoms with van der Waals surface area (Å²) in [6.07, 6.45) is 5.26. The third kappa shape index (κ3) is 2.91. The maximum Gasteiger partial charge on any atom is 0.331 e. The average Bonchev–Trinajstić information content (AvgIpc) is 3.24. The van der Waals surface area contributed by atoms with Crippen LogP contribution in [-0.2, 0) is 19.5 Å². The zero-order valence-electron chi connectivity index (χ0n) is 16.0. The van der Waals surface area contributed by atoms with Gasteiger partial charge in [0.15, 0.2) is 5.82 Å². The Morgan fingerprint density at radius 2 is 2.00 bits per heavy atom. The molecule has 1 aromatic rings. The number of hydrogen-bond donors (Lipinski definition) is 1. The van der Waals surface area contributed by atoms with E-state index < -0.39 is 0 Å². The second-order valence-electron chi connectivity index (χ2n) is 7.95. The molecule has 3 heterocycles. The second-order valence-corrected chi connectivity index (χ2v) is 8.38. The lowest BCUT2D eigenvalue weighted by Crippen LogP contribution is -2.32. The first-order valence-electron chi connectivity index (χ1n) is 10.2. The van der Waals surface area contributed by atoms with Gasteiger partial charge in [0.2, 0.25) is 0 Å². The molecule has 0 bridgehead atoms. The van der Waals surface area contributed by atoms with Gasteiger partial charge in [-0.25, -0.2) is 14.8 Å². The molecule has 6 nitrogen and oxygen atoms in total. The summed E-state index contributed by atoms with van der Waals surface area (Å²) in [4.78, 5) is 22.8. The summed E-state index contributed by atoms with van der Waals surface area (Å²) in [6.45, 7) is 3.39. The van der Waals surface area contributed by atoms with Crippen LogP contribution in [-0.4, -0.2) is 25.1 Å². The zero-order chi connectivity index (χ0) is 19.3. The SMILES string of the molecule is CCCn1c2nc(C3CCC3)nc-2c2n(c1=O)CC(Cc1ccc(Cl)cc1)N2. The molecule has 1 N–H and O–H groups in total. The number of fused-ring (bicyclic) bond motifs is 3. The Labute approximate surface area is 168 Å². The van der Waals surface area contributed by atoms with Crippen molar-refractivity contribution in [2.75, 3.05) is 5.32 Å². The van der Waals surface area contributed by atoms with Crippen LogP contribution in [0.15, 0.2) is 29.1 Å². The smallest absolute Gasteiger partial charge is 0.331 e. The standard InChI is InChI=1S/C21H24ClN5O/c1-2-10-26-20-17(24-18(25-20)14-4-3-5-14)19-23-16(12-27(19)21(26)28)11-13-6-8-15(22)9-7-13/h6-9,14,16,23H,2-5,10-12H2,1H3. The van der Waals surface area contributed by atoms with Crippen molar-refractivity contribution in [3.05, 3.63) is 51.2 Å². The van der Waals surface area contributed by atoms with Crippen molar-refractivity contribution >= 4 is 17.4 Å². The summed E-state index contributed by atoms with van der Waals surface area (Å²) in [6, 6.07) is 8.05. The quantitative estimate of drug-likeness (QED) is 0.708. The largest absolute Gasteiger partial charge is 0.365 e. The van der Waals surface area contributed by atoms with E-state index in [9.17, 15) is 4.79 Å². The summed E-state index contributed by atoms with van der Waals surface area (Å²) < 4.78 is 3.65. The fraction of sp³-hybridized carbons (Fsp3) is 0.476. The van der Waals surface area contributed by atoms with Crippen LogP contribution >= 0.6 is 11.6 Å². The minimum Gasteiger partial charge on any atom is -0.365 e. The molecule has 0 spiro atoms. The van der Waals surface area contributed by atoms with Gasteiger partial charge in [0.05, 0.1) is 0 Å². The number of anilines is 1. The lowest BCUT2D eigenvalue weighted by atomic mass is 9.85. The van der Waals surface area contributed by atoms with E-state index in [1.54, 1.807) is 4.57 Å². The van der Waals surface area contributed by atoms with E-state index >= 15 is 0 Å². The number of aromatic nitrogens is 4. The van der Waals surface area contributed by atoms with Gasteiger partial charge in [0.1, 0.15) is 17.3 Å². The Bertz CT molecular complexity index is 1030. The highest BCUT2D eigenvalue weighted by atomic mass is 35.5. The summed E-state index contributed by atoms with van der Waals surface area (Å²) in [5.74, 6) is 2.91. The summed E-state index contributed by atoms with van der Waals surface area (Å²) in [7, 11) is 0. The van der Waals surface area contributed by atoms with Gasteiger partial charge in [0.25, 0.3) is 0 Å². The Balaban J connectivity index is 1.52. The predicted octanol–water partition coefficient (Wildman–Crippen LogP) is 3.91. The molecule has 4 aliphatic rings. The third-order valence-electron chi connectivity index (χ3n) is 5.93. The monoisotopic (exact) mass is 397 g/mol. The number of halogens is 1. The molecular weight excluding hydrogens is 374 g/mol. The molecule has 0 aromatic heterocycles. The number of hydrogen-bond acceptors (Lipinski definition) is 4. The highest BCUT2D eigenvalue weighted by molar-refractivity contribution is 6.30. The Kier molecular flexibility index (Phi) is 4.38. The van der Waals surface area contributed by atoms with Crippen LogP contribution in [0.2, 0.25) is 5.02 Å². The van der Waals surface area contributed by atoms with Crippen molar-refractivity contribution in [1.29, 1.82) is 0 Å². The number of nitrogens with zero attached hydrogens (tertiary/aromatic N) is 4. The molecule has 0 amide bonds. The van der Waals surface area contributed by atoms with Crippen LogP contribution in [0.1, 0.15) is 49.9 Å². The van der Waals surface area contributed by atoms with Gasteiger partial charge in [-0.2, -0.15) is 0 Å². The first kappa shape index (κ1) is 17.7. The van der Waals surface area contributed by atoms with E-state index in [0.717, 1.165) is 53.9 Å². The van der Waals surface area contributed by atoms with Crippen molar-refractivity contribution in [2.45, 2.75) is 64.1 Å². The van der Waals surface area contributed by atoms with Gasteiger partial charge in [0, 0.05) is 30.1 Å². The maximum absolute atomic E-state index is 13.2. The normalized spacial score (nSPS) is 18.9. The molecule has 7 heteroatoms. The molecule has 0 saturated heterocycles. The lowest BCUT2D eigenvalue weighted by Gasteiger charge is -2.21. The number of nitrogens with one attached hydrogen (secondary N) is 1. The van der Waals surface area contributed by atoms with Gasteiger partial charge < -0.3 is 5.32 Å². The number of benzene rings is 1. The third-order valence-corrected chi connectivity index (χ3v) is 6.18. The Morgan fingerprint density at radius 3 is 2.68 bits per heavy atom. The average molecular weight is 398 g/mol. The second kappa shape index (κ2) is 6.92.